The number of nitrogens with zero attached hydrogens (tertiary/aromatic N) is 4. The van der Waals surface area contributed by atoms with Gasteiger partial charge in [-0.05, 0) is 50.2 Å². The van der Waals surface area contributed by atoms with E-state index in [9.17, 15) is 14.4 Å². The molecule has 0 bridgehead atoms. The fraction of sp³-hybridized carbons (Fsp3) is 0.425. The predicted molar refractivity (Wildman–Crippen MR) is 215 cm³/mol. The Labute approximate surface area is 326 Å². The number of amides is 4. The minimum atomic E-state index is -0.810. The van der Waals surface area contributed by atoms with E-state index in [1.807, 2.05) is 83.0 Å². The summed E-state index contributed by atoms with van der Waals surface area (Å²) >= 11 is 3.21. The van der Waals surface area contributed by atoms with Crippen LogP contribution in [0.5, 0.6) is 0 Å². The first-order valence-electron chi connectivity index (χ1n) is 18.5. The van der Waals surface area contributed by atoms with Gasteiger partial charge in [-0.25, -0.2) is 19.6 Å². The molecule has 4 amide bonds. The number of thiazole rings is 1. The SMILES string of the molecule is CC1NC=C(COC(=O)N[C@@H](CC[C@@H](Cc2ccccc2)NC(=O)[C@H](CCn2ccnc2)NC(=O)N(C)Cc2csc(C(C)C)n2)Cc2ccccc2)S1. The first kappa shape index (κ1) is 40.4. The molecule has 2 aromatic carbocycles. The highest BCUT2D eigenvalue weighted by atomic mass is 32.2. The molecule has 2 aromatic heterocycles. The second-order valence-corrected chi connectivity index (χ2v) is 16.3. The maximum absolute atomic E-state index is 14.2. The van der Waals surface area contributed by atoms with Gasteiger partial charge in [-0.2, -0.15) is 0 Å². The minimum Gasteiger partial charge on any atom is -0.444 e. The summed E-state index contributed by atoms with van der Waals surface area (Å²) in [5.41, 5.74) is 2.97. The summed E-state index contributed by atoms with van der Waals surface area (Å²) in [6.07, 6.45) is 9.32. The number of hydrogen-bond donors (Lipinski definition) is 4. The average Bonchev–Trinajstić information content (AvgIpc) is 3.95. The number of thioether (sulfide) groups is 1. The summed E-state index contributed by atoms with van der Waals surface area (Å²) in [6.45, 7) is 7.25. The molecular formula is C40H52N8O4S2. The van der Waals surface area contributed by atoms with Crippen molar-refractivity contribution < 1.29 is 19.1 Å². The number of hydrogen-bond acceptors (Lipinski definition) is 9. The van der Waals surface area contributed by atoms with Crippen molar-refractivity contribution in [2.75, 3.05) is 13.7 Å². The molecule has 4 N–H and O–H groups in total. The van der Waals surface area contributed by atoms with Crippen LogP contribution in [0, 0.1) is 0 Å². The smallest absolute Gasteiger partial charge is 0.407 e. The van der Waals surface area contributed by atoms with Crippen molar-refractivity contribution >= 4 is 41.1 Å². The van der Waals surface area contributed by atoms with Crippen molar-refractivity contribution in [3.8, 4) is 0 Å². The Kier molecular flexibility index (Phi) is 15.4. The van der Waals surface area contributed by atoms with Gasteiger partial charge < -0.3 is 35.5 Å². The van der Waals surface area contributed by atoms with Crippen LogP contribution in [0.25, 0.3) is 0 Å². The van der Waals surface area contributed by atoms with Gasteiger partial charge in [-0.3, -0.25) is 4.79 Å². The lowest BCUT2D eigenvalue weighted by Gasteiger charge is -2.27. The number of carbonyl (C=O) groups is 3. The highest BCUT2D eigenvalue weighted by Crippen LogP contribution is 2.25. The zero-order chi connectivity index (χ0) is 38.3. The summed E-state index contributed by atoms with van der Waals surface area (Å²) < 4.78 is 7.49. The molecule has 1 aliphatic heterocycles. The van der Waals surface area contributed by atoms with E-state index in [1.165, 1.54) is 0 Å². The van der Waals surface area contributed by atoms with Gasteiger partial charge in [0.25, 0.3) is 0 Å². The van der Waals surface area contributed by atoms with Crippen LogP contribution in [-0.2, 0) is 35.5 Å². The van der Waals surface area contributed by atoms with Crippen LogP contribution in [0.3, 0.4) is 0 Å². The third-order valence-electron chi connectivity index (χ3n) is 8.99. The van der Waals surface area contributed by atoms with E-state index in [0.717, 1.165) is 26.7 Å². The van der Waals surface area contributed by atoms with Crippen molar-refractivity contribution in [2.45, 2.75) is 95.4 Å². The number of ether oxygens (including phenoxy) is 1. The number of aromatic nitrogens is 3. The number of aryl methyl sites for hydroxylation is 1. The largest absolute Gasteiger partial charge is 0.444 e. The van der Waals surface area contributed by atoms with E-state index >= 15 is 0 Å². The van der Waals surface area contributed by atoms with Crippen molar-refractivity contribution in [2.24, 2.45) is 0 Å². The molecule has 54 heavy (non-hydrogen) atoms. The summed E-state index contributed by atoms with van der Waals surface area (Å²) in [7, 11) is 1.71. The number of alkyl carbamates (subject to hydrolysis) is 1. The van der Waals surface area contributed by atoms with E-state index in [2.05, 4.69) is 52.0 Å². The number of benzene rings is 2. The third-order valence-corrected chi connectivity index (χ3v) is 11.2. The highest BCUT2D eigenvalue weighted by Gasteiger charge is 2.26. The van der Waals surface area contributed by atoms with Crippen molar-refractivity contribution in [3.05, 3.63) is 118 Å². The molecular weight excluding hydrogens is 721 g/mol. The Bertz CT molecular complexity index is 1790. The lowest BCUT2D eigenvalue weighted by atomic mass is 9.95. The maximum atomic E-state index is 14.2. The van der Waals surface area contributed by atoms with Crippen LogP contribution < -0.4 is 21.3 Å². The summed E-state index contributed by atoms with van der Waals surface area (Å²) in [5.74, 6) is 0.0345. The van der Waals surface area contributed by atoms with Gasteiger partial charge in [0.2, 0.25) is 5.91 Å². The molecule has 1 aliphatic rings. The second-order valence-electron chi connectivity index (χ2n) is 13.9. The van der Waals surface area contributed by atoms with Crippen molar-refractivity contribution in [3.63, 3.8) is 0 Å². The minimum absolute atomic E-state index is 0.197. The van der Waals surface area contributed by atoms with Crippen LogP contribution in [0.15, 0.2) is 95.9 Å². The molecule has 1 unspecified atom stereocenters. The molecule has 0 saturated heterocycles. The summed E-state index contributed by atoms with van der Waals surface area (Å²) in [5, 5.41) is 15.8. The topological polar surface area (TPSA) is 143 Å². The third kappa shape index (κ3) is 13.2. The molecule has 4 aromatic rings. The van der Waals surface area contributed by atoms with E-state index in [4.69, 9.17) is 4.74 Å². The molecule has 14 heteroatoms. The lowest BCUT2D eigenvalue weighted by molar-refractivity contribution is -0.124. The van der Waals surface area contributed by atoms with Gasteiger partial charge in [0.1, 0.15) is 12.6 Å². The summed E-state index contributed by atoms with van der Waals surface area (Å²) in [6, 6.07) is 18.3. The van der Waals surface area contributed by atoms with Crippen molar-refractivity contribution in [1.82, 2.24) is 40.7 Å². The standard InChI is InChI=1S/C40H52N8O4S2/c1-28(2)38-44-34(26-53-38)24-47(4)39(50)46-36(17-19-48-20-18-41-27-48)37(49)43-32(21-30-11-7-5-8-12-30)15-16-33(22-31-13-9-6-10-14-31)45-40(51)52-25-35-23-42-29(3)54-35/h5-14,18,20,23,26-29,32-33,36,42H,15-17,19,21-22,24-25H2,1-4H3,(H,43,49)(H,45,51)(H,46,50)/t29?,32-,33-,36-/m0/s1. The van der Waals surface area contributed by atoms with Crippen molar-refractivity contribution in [1.29, 1.82) is 0 Å². The zero-order valence-corrected chi connectivity index (χ0v) is 33.1. The van der Waals surface area contributed by atoms with Crippen LogP contribution in [-0.4, -0.2) is 74.6 Å². The van der Waals surface area contributed by atoms with Gasteiger partial charge in [-0.15, -0.1) is 23.1 Å². The Morgan fingerprint density at radius 2 is 1.61 bits per heavy atom. The van der Waals surface area contributed by atoms with Crippen LogP contribution in [0.4, 0.5) is 9.59 Å². The molecule has 0 radical (unpaired) electrons. The zero-order valence-electron chi connectivity index (χ0n) is 31.4. The van der Waals surface area contributed by atoms with E-state index in [0.29, 0.717) is 51.1 Å². The quantitative estimate of drug-likeness (QED) is 0.0855. The average molecular weight is 773 g/mol. The van der Waals surface area contributed by atoms with Crippen LogP contribution in [0.2, 0.25) is 0 Å². The van der Waals surface area contributed by atoms with Crippen LogP contribution >= 0.6 is 23.1 Å². The van der Waals surface area contributed by atoms with Gasteiger partial charge in [0.05, 0.1) is 28.9 Å². The first-order chi connectivity index (χ1) is 26.1. The predicted octanol–water partition coefficient (Wildman–Crippen LogP) is 6.43. The molecule has 3 heterocycles. The van der Waals surface area contributed by atoms with E-state index in [1.54, 1.807) is 47.6 Å². The molecule has 0 spiro atoms. The number of carbonyl (C=O) groups excluding carboxylic acids is 3. The lowest BCUT2D eigenvalue weighted by Crippen LogP contribution is -2.53. The molecule has 0 saturated carbocycles. The van der Waals surface area contributed by atoms with Gasteiger partial charge in [0, 0.05) is 60.5 Å². The Balaban J connectivity index is 1.27. The highest BCUT2D eigenvalue weighted by molar-refractivity contribution is 8.03. The Hall–Kier alpha value is -4.82. The molecule has 12 nitrogen and oxygen atoms in total. The van der Waals surface area contributed by atoms with E-state index in [-0.39, 0.29) is 36.0 Å². The van der Waals surface area contributed by atoms with Gasteiger partial charge >= 0.3 is 12.1 Å². The van der Waals surface area contributed by atoms with E-state index < -0.39 is 12.1 Å². The van der Waals surface area contributed by atoms with Gasteiger partial charge in [-0.1, -0.05) is 74.5 Å². The molecule has 5 rings (SSSR count). The fourth-order valence-corrected chi connectivity index (χ4v) is 7.76. The number of urea groups is 1. The van der Waals surface area contributed by atoms with Crippen LogP contribution in [0.1, 0.15) is 67.8 Å². The molecule has 0 fully saturated rings. The summed E-state index contributed by atoms with van der Waals surface area (Å²) in [4.78, 5) is 52.0. The second kappa shape index (κ2) is 20.6. The molecule has 288 valence electrons. The number of imidazole rings is 1. The monoisotopic (exact) mass is 772 g/mol. The molecule has 4 atom stereocenters. The normalized spacial score (nSPS) is 15.4. The molecule has 0 aliphatic carbocycles. The maximum Gasteiger partial charge on any atom is 0.407 e. The number of rotatable bonds is 19. The number of nitrogens with one attached hydrogen (secondary N) is 4. The Morgan fingerprint density at radius 3 is 2.19 bits per heavy atom. The fourth-order valence-electron chi connectivity index (χ4n) is 6.08. The van der Waals surface area contributed by atoms with Gasteiger partial charge in [0.15, 0.2) is 0 Å². The first-order valence-corrected chi connectivity index (χ1v) is 20.2. The Morgan fingerprint density at radius 1 is 0.944 bits per heavy atom.